The molecule has 28 heavy (non-hydrogen) atoms. The van der Waals surface area contributed by atoms with Crippen LogP contribution in [-0.4, -0.2) is 8.42 Å². The molecule has 0 aliphatic carbocycles. The van der Waals surface area contributed by atoms with Crippen LogP contribution in [0.2, 0.25) is 0 Å². The van der Waals surface area contributed by atoms with Crippen LogP contribution in [0.1, 0.15) is 45.1 Å². The predicted molar refractivity (Wildman–Crippen MR) is 119 cm³/mol. The van der Waals surface area contributed by atoms with Gasteiger partial charge in [-0.2, -0.15) is 0 Å². The number of hydrogen-bond donors (Lipinski definition) is 1. The Labute approximate surface area is 168 Å². The second-order valence-electron chi connectivity index (χ2n) is 6.90. The maximum atomic E-state index is 12.9. The van der Waals surface area contributed by atoms with Gasteiger partial charge in [0.1, 0.15) is 0 Å². The van der Waals surface area contributed by atoms with Gasteiger partial charge in [0.05, 0.1) is 10.6 Å². The second kappa shape index (κ2) is 9.07. The van der Waals surface area contributed by atoms with Crippen molar-refractivity contribution in [3.63, 3.8) is 0 Å². The maximum absolute atomic E-state index is 12.9. The molecule has 0 aliphatic heterocycles. The van der Waals surface area contributed by atoms with Crippen molar-refractivity contribution in [3.05, 3.63) is 78.4 Å². The normalized spacial score (nSPS) is 12.3. The highest BCUT2D eigenvalue weighted by Crippen LogP contribution is 2.34. The van der Waals surface area contributed by atoms with Crippen LogP contribution in [0.4, 0.5) is 5.69 Å². The largest absolute Gasteiger partial charge is 0.279 e. The summed E-state index contributed by atoms with van der Waals surface area (Å²) in [5.74, 6) is 0. The number of benzene rings is 3. The summed E-state index contributed by atoms with van der Waals surface area (Å²) in [7, 11) is -3.65. The second-order valence-corrected chi connectivity index (χ2v) is 8.58. The number of anilines is 1. The summed E-state index contributed by atoms with van der Waals surface area (Å²) < 4.78 is 28.6. The van der Waals surface area contributed by atoms with E-state index >= 15 is 0 Å². The smallest absolute Gasteiger partial charge is 0.261 e. The van der Waals surface area contributed by atoms with E-state index < -0.39 is 10.0 Å². The van der Waals surface area contributed by atoms with Crippen LogP contribution in [0.15, 0.2) is 77.7 Å². The van der Waals surface area contributed by atoms with E-state index in [2.05, 4.69) is 30.7 Å². The highest BCUT2D eigenvalue weighted by Gasteiger charge is 2.17. The van der Waals surface area contributed by atoms with Crippen molar-refractivity contribution in [1.82, 2.24) is 0 Å². The highest BCUT2D eigenvalue weighted by atomic mass is 32.2. The molecule has 3 nitrogen and oxygen atoms in total. The molecular formula is C24H27NO2S. The van der Waals surface area contributed by atoms with Crippen LogP contribution in [-0.2, 0) is 10.0 Å². The molecule has 0 spiro atoms. The van der Waals surface area contributed by atoms with Gasteiger partial charge >= 0.3 is 0 Å². The molecule has 0 aliphatic rings. The molecule has 0 fully saturated rings. The summed E-state index contributed by atoms with van der Waals surface area (Å²) in [6, 6.07) is 20.4. The zero-order valence-corrected chi connectivity index (χ0v) is 17.3. The molecule has 0 radical (unpaired) electrons. The lowest BCUT2D eigenvalue weighted by Gasteiger charge is -2.16. The minimum Gasteiger partial charge on any atom is -0.279 e. The van der Waals surface area contributed by atoms with Gasteiger partial charge in [0, 0.05) is 5.39 Å². The SMILES string of the molecule is CCC/C=C(\CCC)c1cccc2cccc(NS(=O)(=O)c3ccccc3)c12. The van der Waals surface area contributed by atoms with Gasteiger partial charge in [0.2, 0.25) is 0 Å². The molecule has 146 valence electrons. The lowest BCUT2D eigenvalue weighted by molar-refractivity contribution is 0.601. The molecule has 0 saturated carbocycles. The van der Waals surface area contributed by atoms with E-state index in [0.29, 0.717) is 5.69 Å². The first kappa shape index (κ1) is 20.2. The third-order valence-corrected chi connectivity index (χ3v) is 6.13. The summed E-state index contributed by atoms with van der Waals surface area (Å²) in [5.41, 5.74) is 3.01. The average Bonchev–Trinajstić information content (AvgIpc) is 2.71. The molecule has 0 unspecified atom stereocenters. The fourth-order valence-corrected chi connectivity index (χ4v) is 4.52. The molecule has 0 heterocycles. The Bertz CT molecular complexity index is 1060. The molecule has 0 saturated heterocycles. The summed E-state index contributed by atoms with van der Waals surface area (Å²) >= 11 is 0. The quantitative estimate of drug-likeness (QED) is 0.467. The summed E-state index contributed by atoms with van der Waals surface area (Å²) in [6.45, 7) is 4.34. The van der Waals surface area contributed by atoms with E-state index in [1.165, 1.54) is 5.57 Å². The third kappa shape index (κ3) is 4.45. The minimum absolute atomic E-state index is 0.264. The van der Waals surface area contributed by atoms with Crippen LogP contribution >= 0.6 is 0 Å². The number of allylic oxidation sites excluding steroid dienone is 2. The molecule has 3 aromatic rings. The summed E-state index contributed by atoms with van der Waals surface area (Å²) in [4.78, 5) is 0.264. The number of hydrogen-bond acceptors (Lipinski definition) is 2. The van der Waals surface area contributed by atoms with Crippen molar-refractivity contribution >= 4 is 32.1 Å². The highest BCUT2D eigenvalue weighted by molar-refractivity contribution is 7.92. The number of unbranched alkanes of at least 4 members (excludes halogenated alkanes) is 1. The van der Waals surface area contributed by atoms with E-state index in [0.717, 1.165) is 42.0 Å². The van der Waals surface area contributed by atoms with Crippen LogP contribution in [0.5, 0.6) is 0 Å². The fraction of sp³-hybridized carbons (Fsp3) is 0.250. The van der Waals surface area contributed by atoms with Gasteiger partial charge in [0.15, 0.2) is 0 Å². The van der Waals surface area contributed by atoms with Gasteiger partial charge in [-0.1, -0.05) is 81.3 Å². The van der Waals surface area contributed by atoms with E-state index in [1.54, 1.807) is 24.3 Å². The van der Waals surface area contributed by atoms with E-state index in [4.69, 9.17) is 0 Å². The molecule has 1 N–H and O–H groups in total. The third-order valence-electron chi connectivity index (χ3n) is 4.75. The summed E-state index contributed by atoms with van der Waals surface area (Å²) in [6.07, 6.45) is 6.42. The fourth-order valence-electron chi connectivity index (χ4n) is 3.43. The molecule has 3 rings (SSSR count). The van der Waals surface area contributed by atoms with Crippen molar-refractivity contribution in [2.75, 3.05) is 4.72 Å². The Balaban J connectivity index is 2.14. The molecule has 4 heteroatoms. The van der Waals surface area contributed by atoms with Gasteiger partial charge in [-0.05, 0) is 47.6 Å². The minimum atomic E-state index is -3.65. The Hall–Kier alpha value is -2.59. The zero-order chi connectivity index (χ0) is 20.0. The zero-order valence-electron chi connectivity index (χ0n) is 16.5. The van der Waals surface area contributed by atoms with Gasteiger partial charge in [-0.15, -0.1) is 0 Å². The first-order valence-corrected chi connectivity index (χ1v) is 11.3. The standard InChI is InChI=1S/C24H27NO2S/c1-3-5-12-19(11-4-2)22-17-9-13-20-14-10-18-23(24(20)22)25-28(26,27)21-15-7-6-8-16-21/h6-10,12-18,25H,3-5,11H2,1-2H3/b19-12+. The van der Waals surface area contributed by atoms with Crippen LogP contribution in [0, 0.1) is 0 Å². The molecule has 0 atom stereocenters. The van der Waals surface area contributed by atoms with E-state index in [-0.39, 0.29) is 4.90 Å². The van der Waals surface area contributed by atoms with Crippen LogP contribution in [0.3, 0.4) is 0 Å². The van der Waals surface area contributed by atoms with Crippen molar-refractivity contribution in [3.8, 4) is 0 Å². The maximum Gasteiger partial charge on any atom is 0.261 e. The number of rotatable bonds is 8. The first-order chi connectivity index (χ1) is 13.6. The lowest BCUT2D eigenvalue weighted by Crippen LogP contribution is -2.13. The Morgan fingerprint density at radius 1 is 0.893 bits per heavy atom. The van der Waals surface area contributed by atoms with Crippen LogP contribution < -0.4 is 4.72 Å². The Morgan fingerprint density at radius 2 is 1.61 bits per heavy atom. The number of sulfonamides is 1. The molecular weight excluding hydrogens is 366 g/mol. The molecule has 0 bridgehead atoms. The van der Waals surface area contributed by atoms with Gasteiger partial charge < -0.3 is 0 Å². The number of fused-ring (bicyclic) bond motifs is 1. The lowest BCUT2D eigenvalue weighted by atomic mass is 9.93. The Morgan fingerprint density at radius 3 is 2.29 bits per heavy atom. The van der Waals surface area contributed by atoms with E-state index in [1.807, 2.05) is 36.4 Å². The number of nitrogens with one attached hydrogen (secondary N) is 1. The summed E-state index contributed by atoms with van der Waals surface area (Å²) in [5, 5.41) is 1.99. The van der Waals surface area contributed by atoms with Gasteiger partial charge in [-0.3, -0.25) is 4.72 Å². The van der Waals surface area contributed by atoms with Gasteiger partial charge in [-0.25, -0.2) is 8.42 Å². The van der Waals surface area contributed by atoms with Crippen molar-refractivity contribution < 1.29 is 8.42 Å². The Kier molecular flexibility index (Phi) is 6.53. The van der Waals surface area contributed by atoms with Crippen molar-refractivity contribution in [1.29, 1.82) is 0 Å². The molecule has 0 amide bonds. The van der Waals surface area contributed by atoms with Crippen molar-refractivity contribution in [2.45, 2.75) is 44.4 Å². The van der Waals surface area contributed by atoms with E-state index in [9.17, 15) is 8.42 Å². The topological polar surface area (TPSA) is 46.2 Å². The predicted octanol–water partition coefficient (Wildman–Crippen LogP) is 6.62. The monoisotopic (exact) mass is 393 g/mol. The van der Waals surface area contributed by atoms with Crippen LogP contribution in [0.25, 0.3) is 16.3 Å². The van der Waals surface area contributed by atoms with Crippen molar-refractivity contribution in [2.24, 2.45) is 0 Å². The first-order valence-electron chi connectivity index (χ1n) is 9.85. The molecule has 0 aromatic heterocycles. The molecule has 3 aromatic carbocycles. The average molecular weight is 394 g/mol. The van der Waals surface area contributed by atoms with Gasteiger partial charge in [0.25, 0.3) is 10.0 Å².